The number of piperidine rings is 1. The van der Waals surface area contributed by atoms with Crippen molar-refractivity contribution in [1.82, 2.24) is 19.7 Å². The molecule has 0 unspecified atom stereocenters. The fourth-order valence-corrected chi connectivity index (χ4v) is 2.77. The number of anilines is 2. The number of carbonyl (C=O) groups is 1. The van der Waals surface area contributed by atoms with Crippen molar-refractivity contribution in [2.45, 2.75) is 25.8 Å². The van der Waals surface area contributed by atoms with Gasteiger partial charge in [0.25, 0.3) is 0 Å². The van der Waals surface area contributed by atoms with Gasteiger partial charge in [-0.25, -0.2) is 9.97 Å². The van der Waals surface area contributed by atoms with Crippen LogP contribution in [0.15, 0.2) is 18.6 Å². The van der Waals surface area contributed by atoms with Gasteiger partial charge in [0.2, 0.25) is 5.91 Å². The van der Waals surface area contributed by atoms with Crippen LogP contribution in [0.3, 0.4) is 0 Å². The maximum absolute atomic E-state index is 11.1. The fraction of sp³-hybridized carbons (Fsp3) is 0.500. The van der Waals surface area contributed by atoms with Gasteiger partial charge in [0.05, 0.1) is 6.20 Å². The molecule has 2 aromatic heterocycles. The maximum atomic E-state index is 11.1. The highest BCUT2D eigenvalue weighted by molar-refractivity contribution is 5.73. The second kappa shape index (κ2) is 5.59. The predicted molar refractivity (Wildman–Crippen MR) is 81.6 cm³/mol. The first-order valence-electron chi connectivity index (χ1n) is 7.21. The highest BCUT2D eigenvalue weighted by atomic mass is 16.1. The smallest absolute Gasteiger partial charge is 0.217 e. The standard InChI is InChI=1S/C14H20N6O/c1-10(21)17-11-3-6-19(7-4-11)14-13-16-5-8-20(13)9-12(15-2)18-14/h5,8-9,11,15H,3-4,6-7H2,1-2H3,(H,17,21). The molecule has 2 aromatic rings. The summed E-state index contributed by atoms with van der Waals surface area (Å²) in [6.45, 7) is 3.31. The Balaban J connectivity index is 1.81. The van der Waals surface area contributed by atoms with Crippen LogP contribution in [-0.2, 0) is 4.79 Å². The summed E-state index contributed by atoms with van der Waals surface area (Å²) in [5, 5.41) is 6.07. The van der Waals surface area contributed by atoms with Crippen LogP contribution in [0.5, 0.6) is 0 Å². The Hall–Kier alpha value is -2.31. The number of nitrogens with zero attached hydrogens (tertiary/aromatic N) is 4. The van der Waals surface area contributed by atoms with Crippen LogP contribution in [-0.4, -0.2) is 46.5 Å². The molecule has 0 radical (unpaired) electrons. The van der Waals surface area contributed by atoms with E-state index >= 15 is 0 Å². The van der Waals surface area contributed by atoms with Crippen LogP contribution < -0.4 is 15.5 Å². The predicted octanol–water partition coefficient (Wildman–Crippen LogP) is 0.876. The number of imidazole rings is 1. The molecule has 1 amide bonds. The lowest BCUT2D eigenvalue weighted by molar-refractivity contribution is -0.119. The van der Waals surface area contributed by atoms with Crippen molar-refractivity contribution in [1.29, 1.82) is 0 Å². The third-order valence-corrected chi connectivity index (χ3v) is 3.81. The van der Waals surface area contributed by atoms with E-state index in [0.29, 0.717) is 0 Å². The molecule has 3 heterocycles. The average molecular weight is 288 g/mol. The molecule has 3 rings (SSSR count). The highest BCUT2D eigenvalue weighted by Crippen LogP contribution is 2.24. The summed E-state index contributed by atoms with van der Waals surface area (Å²) >= 11 is 0. The van der Waals surface area contributed by atoms with Crippen molar-refractivity contribution >= 4 is 23.2 Å². The topological polar surface area (TPSA) is 74.6 Å². The Bertz CT molecular complexity index is 644. The van der Waals surface area contributed by atoms with Crippen LogP contribution >= 0.6 is 0 Å². The third kappa shape index (κ3) is 2.76. The van der Waals surface area contributed by atoms with Crippen molar-refractivity contribution in [3.8, 4) is 0 Å². The number of carbonyl (C=O) groups excluding carboxylic acids is 1. The zero-order valence-corrected chi connectivity index (χ0v) is 12.3. The first kappa shape index (κ1) is 13.7. The quantitative estimate of drug-likeness (QED) is 0.877. The van der Waals surface area contributed by atoms with E-state index in [1.165, 1.54) is 0 Å². The molecule has 0 bridgehead atoms. The van der Waals surface area contributed by atoms with Gasteiger partial charge in [-0.15, -0.1) is 0 Å². The highest BCUT2D eigenvalue weighted by Gasteiger charge is 2.23. The first-order valence-corrected chi connectivity index (χ1v) is 7.21. The number of aromatic nitrogens is 3. The van der Waals surface area contributed by atoms with E-state index in [1.807, 2.05) is 23.8 Å². The van der Waals surface area contributed by atoms with E-state index in [4.69, 9.17) is 0 Å². The lowest BCUT2D eigenvalue weighted by Gasteiger charge is -2.33. The summed E-state index contributed by atoms with van der Waals surface area (Å²) < 4.78 is 1.98. The Morgan fingerprint density at radius 3 is 2.81 bits per heavy atom. The van der Waals surface area contributed by atoms with Gasteiger partial charge in [0.1, 0.15) is 5.82 Å². The second-order valence-corrected chi connectivity index (χ2v) is 5.32. The van der Waals surface area contributed by atoms with Gasteiger partial charge in [-0.3, -0.25) is 4.79 Å². The lowest BCUT2D eigenvalue weighted by atomic mass is 10.1. The van der Waals surface area contributed by atoms with Crippen molar-refractivity contribution in [2.75, 3.05) is 30.4 Å². The van der Waals surface area contributed by atoms with Gasteiger partial charge < -0.3 is 19.9 Å². The van der Waals surface area contributed by atoms with Crippen molar-refractivity contribution < 1.29 is 4.79 Å². The third-order valence-electron chi connectivity index (χ3n) is 3.81. The van der Waals surface area contributed by atoms with Crippen LogP contribution in [0.4, 0.5) is 11.6 Å². The number of amides is 1. The minimum atomic E-state index is 0.0411. The molecule has 2 N–H and O–H groups in total. The van der Waals surface area contributed by atoms with Crippen molar-refractivity contribution in [3.63, 3.8) is 0 Å². The van der Waals surface area contributed by atoms with Gasteiger partial charge in [-0.05, 0) is 12.8 Å². The Morgan fingerprint density at radius 2 is 2.14 bits per heavy atom. The number of hydrogen-bond donors (Lipinski definition) is 2. The molecular formula is C14H20N6O. The SMILES string of the molecule is CNc1cn2ccnc2c(N2CCC(NC(C)=O)CC2)n1. The van der Waals surface area contributed by atoms with Crippen LogP contribution in [0.25, 0.3) is 5.65 Å². The monoisotopic (exact) mass is 288 g/mol. The molecule has 1 fully saturated rings. The Labute approximate surface area is 123 Å². The molecule has 0 atom stereocenters. The van der Waals surface area contributed by atoms with Gasteiger partial charge in [0.15, 0.2) is 11.5 Å². The number of nitrogens with one attached hydrogen (secondary N) is 2. The lowest BCUT2D eigenvalue weighted by Crippen LogP contribution is -2.44. The van der Waals surface area contributed by atoms with Crippen molar-refractivity contribution in [3.05, 3.63) is 18.6 Å². The summed E-state index contributed by atoms with van der Waals surface area (Å²) in [6, 6.07) is 0.266. The fourth-order valence-electron chi connectivity index (χ4n) is 2.77. The minimum Gasteiger partial charge on any atom is -0.372 e. The number of hydrogen-bond acceptors (Lipinski definition) is 5. The van der Waals surface area contributed by atoms with E-state index in [1.54, 1.807) is 13.1 Å². The first-order chi connectivity index (χ1) is 10.2. The van der Waals surface area contributed by atoms with Crippen LogP contribution in [0.1, 0.15) is 19.8 Å². The molecule has 1 aliphatic heterocycles. The Morgan fingerprint density at radius 1 is 1.38 bits per heavy atom. The number of fused-ring (bicyclic) bond motifs is 1. The average Bonchev–Trinajstić information content (AvgIpc) is 2.94. The Kier molecular flexibility index (Phi) is 3.64. The summed E-state index contributed by atoms with van der Waals surface area (Å²) in [5.41, 5.74) is 0.868. The number of rotatable bonds is 3. The van der Waals surface area contributed by atoms with Gasteiger partial charge in [-0.1, -0.05) is 0 Å². The largest absolute Gasteiger partial charge is 0.372 e. The van der Waals surface area contributed by atoms with Gasteiger partial charge in [-0.2, -0.15) is 0 Å². The van der Waals surface area contributed by atoms with Crippen molar-refractivity contribution in [2.24, 2.45) is 0 Å². The van der Waals surface area contributed by atoms with Crippen LogP contribution in [0.2, 0.25) is 0 Å². The van der Waals surface area contributed by atoms with E-state index in [9.17, 15) is 4.79 Å². The second-order valence-electron chi connectivity index (χ2n) is 5.32. The summed E-state index contributed by atoms with van der Waals surface area (Å²) in [6.07, 6.45) is 7.49. The normalized spacial score (nSPS) is 16.2. The zero-order chi connectivity index (χ0) is 14.8. The molecule has 0 aliphatic carbocycles. The molecule has 21 heavy (non-hydrogen) atoms. The molecule has 1 saturated heterocycles. The molecule has 0 aromatic carbocycles. The molecular weight excluding hydrogens is 268 g/mol. The van der Waals surface area contributed by atoms with E-state index in [2.05, 4.69) is 25.5 Å². The zero-order valence-electron chi connectivity index (χ0n) is 12.3. The van der Waals surface area contributed by atoms with E-state index < -0.39 is 0 Å². The molecule has 0 spiro atoms. The summed E-state index contributed by atoms with van der Waals surface area (Å²) in [5.74, 6) is 1.76. The van der Waals surface area contributed by atoms with Crippen LogP contribution in [0, 0.1) is 0 Å². The van der Waals surface area contributed by atoms with Gasteiger partial charge in [0, 0.05) is 45.5 Å². The molecule has 1 aliphatic rings. The molecule has 0 saturated carbocycles. The van der Waals surface area contributed by atoms with E-state index in [-0.39, 0.29) is 11.9 Å². The van der Waals surface area contributed by atoms with E-state index in [0.717, 1.165) is 43.2 Å². The molecule has 112 valence electrons. The minimum absolute atomic E-state index is 0.0411. The summed E-state index contributed by atoms with van der Waals surface area (Å²) in [4.78, 5) is 22.4. The molecule has 7 nitrogen and oxygen atoms in total. The molecule has 7 heteroatoms. The maximum Gasteiger partial charge on any atom is 0.217 e. The van der Waals surface area contributed by atoms with Gasteiger partial charge >= 0.3 is 0 Å². The summed E-state index contributed by atoms with van der Waals surface area (Å²) in [7, 11) is 1.86.